The lowest BCUT2D eigenvalue weighted by molar-refractivity contribution is 0.0914. The number of aryl methyl sites for hydroxylation is 2. The van der Waals surface area contributed by atoms with Crippen LogP contribution in [-0.2, 0) is 7.05 Å². The number of nitrogens with one attached hydrogen (secondary N) is 1. The number of aliphatic hydroxyl groups is 1. The quantitative estimate of drug-likeness (QED) is 0.696. The van der Waals surface area contributed by atoms with Crippen LogP contribution in [-0.4, -0.2) is 20.8 Å². The first-order valence-electron chi connectivity index (χ1n) is 10.1. The van der Waals surface area contributed by atoms with Gasteiger partial charge in [0.25, 0.3) is 0 Å². The number of anilines is 1. The lowest BCUT2D eigenvalue weighted by Gasteiger charge is -2.41. The Morgan fingerprint density at radius 2 is 1.81 bits per heavy atom. The summed E-state index contributed by atoms with van der Waals surface area (Å²) in [5, 5.41) is 15.1. The molecule has 1 aromatic heterocycles. The number of aromatic nitrogens is 2. The van der Waals surface area contributed by atoms with Gasteiger partial charge >= 0.3 is 0 Å². The number of fused-ring (bicyclic) bond motifs is 3. The average molecular weight is 361 g/mol. The van der Waals surface area contributed by atoms with Gasteiger partial charge in [0.2, 0.25) is 0 Å². The first-order chi connectivity index (χ1) is 13.1. The molecule has 1 saturated carbocycles. The van der Waals surface area contributed by atoms with Crippen LogP contribution < -0.4 is 5.32 Å². The van der Waals surface area contributed by atoms with Gasteiger partial charge in [0, 0.05) is 13.0 Å². The molecule has 0 bridgehead atoms. The van der Waals surface area contributed by atoms with E-state index in [1.165, 1.54) is 31.2 Å². The molecular formula is C23H27N3O. The summed E-state index contributed by atoms with van der Waals surface area (Å²) in [6.45, 7) is 2.05. The van der Waals surface area contributed by atoms with Gasteiger partial charge in [0.1, 0.15) is 11.3 Å². The Labute approximate surface area is 160 Å². The maximum absolute atomic E-state index is 11.4. The maximum Gasteiger partial charge on any atom is 0.112 e. The van der Waals surface area contributed by atoms with Gasteiger partial charge in [0.05, 0.1) is 23.3 Å². The predicted molar refractivity (Wildman–Crippen MR) is 109 cm³/mol. The zero-order chi connectivity index (χ0) is 18.5. The van der Waals surface area contributed by atoms with Crippen molar-refractivity contribution in [1.82, 2.24) is 9.55 Å². The van der Waals surface area contributed by atoms with Gasteiger partial charge in [-0.05, 0) is 42.9 Å². The summed E-state index contributed by atoms with van der Waals surface area (Å²) in [5.41, 5.74) is 5.68. The second-order valence-electron chi connectivity index (χ2n) is 8.21. The summed E-state index contributed by atoms with van der Waals surface area (Å²) in [4.78, 5) is 4.86. The SMILES string of the molecule is Cc1nc2c3c(ccc2n1C)[C@H](C1CCCC1)[C@H](O)[C@@H](c1ccccc1)N3. The van der Waals surface area contributed by atoms with Crippen LogP contribution in [0.2, 0.25) is 0 Å². The molecule has 2 heterocycles. The lowest BCUT2D eigenvalue weighted by atomic mass is 9.74. The van der Waals surface area contributed by atoms with Crippen LogP contribution in [0, 0.1) is 12.8 Å². The monoisotopic (exact) mass is 361 g/mol. The third-order valence-electron chi connectivity index (χ3n) is 6.74. The van der Waals surface area contributed by atoms with Crippen molar-refractivity contribution in [2.75, 3.05) is 5.32 Å². The molecule has 2 aliphatic rings. The molecule has 1 aliphatic carbocycles. The molecule has 3 atom stereocenters. The molecule has 1 fully saturated rings. The molecule has 0 amide bonds. The molecule has 0 spiro atoms. The zero-order valence-electron chi connectivity index (χ0n) is 16.0. The normalized spacial score (nSPS) is 25.5. The fraction of sp³-hybridized carbons (Fsp3) is 0.435. The molecule has 4 heteroatoms. The van der Waals surface area contributed by atoms with Gasteiger partial charge < -0.3 is 15.0 Å². The van der Waals surface area contributed by atoms with Crippen molar-refractivity contribution >= 4 is 16.7 Å². The highest BCUT2D eigenvalue weighted by molar-refractivity contribution is 5.92. The predicted octanol–water partition coefficient (Wildman–Crippen LogP) is 4.68. The highest BCUT2D eigenvalue weighted by Crippen LogP contribution is 2.50. The second kappa shape index (κ2) is 6.38. The summed E-state index contributed by atoms with van der Waals surface area (Å²) in [6, 6.07) is 14.7. The van der Waals surface area contributed by atoms with E-state index in [-0.39, 0.29) is 12.0 Å². The van der Waals surface area contributed by atoms with Gasteiger partial charge in [-0.25, -0.2) is 4.98 Å². The molecule has 0 unspecified atom stereocenters. The number of hydrogen-bond acceptors (Lipinski definition) is 3. The second-order valence-corrected chi connectivity index (χ2v) is 8.21. The van der Waals surface area contributed by atoms with Crippen LogP contribution in [0.15, 0.2) is 42.5 Å². The molecule has 5 rings (SSSR count). The summed E-state index contributed by atoms with van der Waals surface area (Å²) >= 11 is 0. The summed E-state index contributed by atoms with van der Waals surface area (Å²) < 4.78 is 2.14. The summed E-state index contributed by atoms with van der Waals surface area (Å²) in [7, 11) is 2.07. The van der Waals surface area contributed by atoms with Crippen LogP contribution >= 0.6 is 0 Å². The third-order valence-corrected chi connectivity index (χ3v) is 6.74. The van der Waals surface area contributed by atoms with E-state index in [1.807, 2.05) is 13.0 Å². The molecule has 0 saturated heterocycles. The van der Waals surface area contributed by atoms with Crippen LogP contribution in [0.1, 0.15) is 54.6 Å². The largest absolute Gasteiger partial charge is 0.390 e. The van der Waals surface area contributed by atoms with Crippen LogP contribution in [0.25, 0.3) is 11.0 Å². The minimum absolute atomic E-state index is 0.0998. The van der Waals surface area contributed by atoms with Gasteiger partial charge in [-0.3, -0.25) is 0 Å². The van der Waals surface area contributed by atoms with Crippen molar-refractivity contribution in [3.63, 3.8) is 0 Å². The van der Waals surface area contributed by atoms with Crippen molar-refractivity contribution in [2.24, 2.45) is 13.0 Å². The van der Waals surface area contributed by atoms with E-state index in [4.69, 9.17) is 4.98 Å². The Morgan fingerprint density at radius 1 is 1.07 bits per heavy atom. The highest BCUT2D eigenvalue weighted by Gasteiger charge is 2.42. The minimum Gasteiger partial charge on any atom is -0.390 e. The van der Waals surface area contributed by atoms with Gasteiger partial charge in [0.15, 0.2) is 0 Å². The minimum atomic E-state index is -0.426. The topological polar surface area (TPSA) is 50.1 Å². The molecule has 3 aromatic rings. The Hall–Kier alpha value is -2.33. The number of benzene rings is 2. The fourth-order valence-electron chi connectivity index (χ4n) is 5.24. The first kappa shape index (κ1) is 16.8. The smallest absolute Gasteiger partial charge is 0.112 e. The van der Waals surface area contributed by atoms with Crippen molar-refractivity contribution in [2.45, 2.75) is 50.7 Å². The van der Waals surface area contributed by atoms with Crippen molar-refractivity contribution in [1.29, 1.82) is 0 Å². The molecule has 0 radical (unpaired) electrons. The first-order valence-corrected chi connectivity index (χ1v) is 10.1. The number of aliphatic hydroxyl groups excluding tert-OH is 1. The van der Waals surface area contributed by atoms with Crippen LogP contribution in [0.5, 0.6) is 0 Å². The van der Waals surface area contributed by atoms with E-state index in [0.29, 0.717) is 5.92 Å². The third kappa shape index (κ3) is 2.58. The van der Waals surface area contributed by atoms with Crippen molar-refractivity contribution in [3.8, 4) is 0 Å². The fourth-order valence-corrected chi connectivity index (χ4v) is 5.24. The van der Waals surface area contributed by atoms with E-state index in [1.54, 1.807) is 0 Å². The number of nitrogens with zero attached hydrogens (tertiary/aromatic N) is 2. The standard InChI is InChI=1S/C23H27N3O/c1-14-24-22-18(26(14)2)13-12-17-19(15-8-6-7-9-15)23(27)20(25-21(17)22)16-10-4-3-5-11-16/h3-5,10-13,15,19-20,23,25,27H,6-9H2,1-2H3/t19-,20+,23-/m0/s1. The number of rotatable bonds is 2. The summed E-state index contributed by atoms with van der Waals surface area (Å²) in [6.07, 6.45) is 4.55. The Bertz CT molecular complexity index is 972. The van der Waals surface area contributed by atoms with Gasteiger partial charge in [-0.1, -0.05) is 49.2 Å². The Morgan fingerprint density at radius 3 is 2.56 bits per heavy atom. The lowest BCUT2D eigenvalue weighted by Crippen LogP contribution is -2.39. The molecule has 140 valence electrons. The Kier molecular flexibility index (Phi) is 3.97. The van der Waals surface area contributed by atoms with Gasteiger partial charge in [-0.15, -0.1) is 0 Å². The molecule has 4 nitrogen and oxygen atoms in total. The summed E-state index contributed by atoms with van der Waals surface area (Å²) in [5.74, 6) is 1.73. The van der Waals surface area contributed by atoms with Crippen LogP contribution in [0.3, 0.4) is 0 Å². The van der Waals surface area contributed by atoms with Crippen molar-refractivity contribution in [3.05, 3.63) is 59.4 Å². The molecule has 2 aromatic carbocycles. The van der Waals surface area contributed by atoms with E-state index >= 15 is 0 Å². The molecule has 2 N–H and O–H groups in total. The zero-order valence-corrected chi connectivity index (χ0v) is 16.0. The number of hydrogen-bond donors (Lipinski definition) is 2. The van der Waals surface area contributed by atoms with E-state index in [9.17, 15) is 5.11 Å². The molecule has 27 heavy (non-hydrogen) atoms. The highest BCUT2D eigenvalue weighted by atomic mass is 16.3. The molecule has 1 aliphatic heterocycles. The maximum atomic E-state index is 11.4. The van der Waals surface area contributed by atoms with E-state index in [0.717, 1.165) is 28.1 Å². The van der Waals surface area contributed by atoms with Gasteiger partial charge in [-0.2, -0.15) is 0 Å². The van der Waals surface area contributed by atoms with E-state index in [2.05, 4.69) is 53.3 Å². The Balaban J connectivity index is 1.70. The number of imidazole rings is 1. The van der Waals surface area contributed by atoms with Crippen molar-refractivity contribution < 1.29 is 5.11 Å². The van der Waals surface area contributed by atoms with Crippen LogP contribution in [0.4, 0.5) is 5.69 Å². The average Bonchev–Trinajstić information content (AvgIpc) is 3.31. The molecular weight excluding hydrogens is 334 g/mol. The van der Waals surface area contributed by atoms with E-state index < -0.39 is 6.10 Å².